The molecule has 0 aromatic rings. The maximum atomic E-state index is 9.92. The van der Waals surface area contributed by atoms with Crippen LogP contribution < -0.4 is 5.32 Å². The van der Waals surface area contributed by atoms with Crippen molar-refractivity contribution in [1.82, 2.24) is 5.32 Å². The first kappa shape index (κ1) is 22.7. The summed E-state index contributed by atoms with van der Waals surface area (Å²) in [5.74, 6) is 0. The normalized spacial score (nSPS) is 12.4. The fraction of sp³-hybridized carbons (Fsp3) is 0.905. The highest BCUT2D eigenvalue weighted by atomic mass is 16.3. The Labute approximate surface area is 146 Å². The molecule has 1 unspecified atom stereocenters. The van der Waals surface area contributed by atoms with Gasteiger partial charge in [-0.05, 0) is 25.8 Å². The fourth-order valence-corrected chi connectivity index (χ4v) is 3.02. The monoisotopic (exact) mass is 325 g/mol. The molecule has 0 heterocycles. The topological polar surface area (TPSA) is 32.3 Å². The fourth-order valence-electron chi connectivity index (χ4n) is 3.02. The molecule has 0 rings (SSSR count). The van der Waals surface area contributed by atoms with Crippen LogP contribution in [0, 0.1) is 0 Å². The molecule has 2 heteroatoms. The quantitative estimate of drug-likeness (QED) is 0.226. The van der Waals surface area contributed by atoms with E-state index in [2.05, 4.69) is 18.8 Å². The van der Waals surface area contributed by atoms with E-state index in [0.29, 0.717) is 0 Å². The van der Waals surface area contributed by atoms with Crippen molar-refractivity contribution >= 4 is 0 Å². The first-order valence-corrected chi connectivity index (χ1v) is 10.3. The van der Waals surface area contributed by atoms with E-state index in [4.69, 9.17) is 0 Å². The van der Waals surface area contributed by atoms with Gasteiger partial charge in [-0.15, -0.1) is 6.58 Å². The maximum absolute atomic E-state index is 9.92. The van der Waals surface area contributed by atoms with Gasteiger partial charge >= 0.3 is 0 Å². The number of hydrogen-bond acceptors (Lipinski definition) is 2. The molecule has 0 spiro atoms. The van der Waals surface area contributed by atoms with Crippen molar-refractivity contribution in [2.45, 2.75) is 109 Å². The zero-order valence-corrected chi connectivity index (χ0v) is 15.8. The summed E-state index contributed by atoms with van der Waals surface area (Å²) >= 11 is 0. The molecule has 1 atom stereocenters. The summed E-state index contributed by atoms with van der Waals surface area (Å²) < 4.78 is 0. The molecule has 0 aromatic carbocycles. The number of aliphatic hydroxyl groups is 1. The molecule has 0 aliphatic heterocycles. The molecule has 0 bridgehead atoms. The van der Waals surface area contributed by atoms with Crippen LogP contribution >= 0.6 is 0 Å². The minimum Gasteiger partial charge on any atom is -0.393 e. The molecule has 0 aromatic heterocycles. The molecule has 2 nitrogen and oxygen atoms in total. The molecular formula is C21H43NO. The summed E-state index contributed by atoms with van der Waals surface area (Å²) in [6, 6.07) is 0. The molecule has 0 aliphatic carbocycles. The lowest BCUT2D eigenvalue weighted by Crippen LogP contribution is -2.14. The standard InChI is InChI=1S/C21H43NO/c1-3-5-6-14-17-21(23)18-15-12-10-8-7-9-11-13-16-20-22-19-4-2/h4,21-23H,2-3,5-20H2,1H3. The lowest BCUT2D eigenvalue weighted by atomic mass is 10.0. The molecule has 0 saturated heterocycles. The number of rotatable bonds is 19. The third-order valence-corrected chi connectivity index (χ3v) is 4.57. The number of unbranched alkanes of at least 4 members (excludes halogenated alkanes) is 11. The van der Waals surface area contributed by atoms with Gasteiger partial charge in [-0.1, -0.05) is 90.0 Å². The third kappa shape index (κ3) is 19.6. The average molecular weight is 326 g/mol. The minimum absolute atomic E-state index is 0.0402. The van der Waals surface area contributed by atoms with E-state index in [1.165, 1.54) is 83.5 Å². The van der Waals surface area contributed by atoms with Crippen LogP contribution in [0.25, 0.3) is 0 Å². The van der Waals surface area contributed by atoms with Gasteiger partial charge in [0.25, 0.3) is 0 Å². The third-order valence-electron chi connectivity index (χ3n) is 4.57. The predicted molar refractivity (Wildman–Crippen MR) is 104 cm³/mol. The molecular weight excluding hydrogens is 282 g/mol. The van der Waals surface area contributed by atoms with E-state index >= 15 is 0 Å². The Kier molecular flexibility index (Phi) is 19.4. The Bertz CT molecular complexity index is 230. The zero-order chi connectivity index (χ0) is 17.0. The van der Waals surface area contributed by atoms with Gasteiger partial charge in [0.15, 0.2) is 0 Å². The Balaban J connectivity index is 3.08. The lowest BCUT2D eigenvalue weighted by molar-refractivity contribution is 0.147. The number of aliphatic hydroxyl groups excluding tert-OH is 1. The zero-order valence-electron chi connectivity index (χ0n) is 15.8. The molecule has 0 fully saturated rings. The minimum atomic E-state index is -0.0402. The van der Waals surface area contributed by atoms with Gasteiger partial charge in [-0.3, -0.25) is 0 Å². The van der Waals surface area contributed by atoms with Crippen molar-refractivity contribution in [1.29, 1.82) is 0 Å². The second kappa shape index (κ2) is 19.7. The summed E-state index contributed by atoms with van der Waals surface area (Å²) in [7, 11) is 0. The maximum Gasteiger partial charge on any atom is 0.0540 e. The summed E-state index contributed by atoms with van der Waals surface area (Å²) in [6.45, 7) is 8.01. The van der Waals surface area contributed by atoms with Crippen molar-refractivity contribution in [2.24, 2.45) is 0 Å². The molecule has 0 radical (unpaired) electrons. The van der Waals surface area contributed by atoms with Gasteiger partial charge in [-0.2, -0.15) is 0 Å². The van der Waals surface area contributed by atoms with Crippen molar-refractivity contribution in [2.75, 3.05) is 13.1 Å². The van der Waals surface area contributed by atoms with Crippen molar-refractivity contribution < 1.29 is 5.11 Å². The first-order valence-electron chi connectivity index (χ1n) is 10.3. The lowest BCUT2D eigenvalue weighted by Gasteiger charge is -2.10. The van der Waals surface area contributed by atoms with Crippen LogP contribution in [0.3, 0.4) is 0 Å². The van der Waals surface area contributed by atoms with Crippen molar-refractivity contribution in [3.8, 4) is 0 Å². The van der Waals surface area contributed by atoms with E-state index in [1.54, 1.807) is 0 Å². The summed E-state index contributed by atoms with van der Waals surface area (Å²) in [4.78, 5) is 0. The SMILES string of the molecule is C=CCNCCCCCCCCCCCC(O)CCCCCC. The summed E-state index contributed by atoms with van der Waals surface area (Å²) in [5.41, 5.74) is 0. The van der Waals surface area contributed by atoms with Gasteiger partial charge in [-0.25, -0.2) is 0 Å². The van der Waals surface area contributed by atoms with Crippen LogP contribution in [0.2, 0.25) is 0 Å². The summed E-state index contributed by atoms with van der Waals surface area (Å²) in [5, 5.41) is 13.3. The molecule has 0 amide bonds. The smallest absolute Gasteiger partial charge is 0.0540 e. The van der Waals surface area contributed by atoms with Gasteiger partial charge in [0.05, 0.1) is 6.10 Å². The molecule has 0 saturated carbocycles. The van der Waals surface area contributed by atoms with Crippen molar-refractivity contribution in [3.63, 3.8) is 0 Å². The second-order valence-electron chi connectivity index (χ2n) is 6.97. The highest BCUT2D eigenvalue weighted by Crippen LogP contribution is 2.14. The van der Waals surface area contributed by atoms with Crippen LogP contribution in [-0.2, 0) is 0 Å². The highest BCUT2D eigenvalue weighted by molar-refractivity contribution is 4.69. The Hall–Kier alpha value is -0.340. The number of nitrogens with one attached hydrogen (secondary N) is 1. The Morgan fingerprint density at radius 2 is 1.26 bits per heavy atom. The summed E-state index contributed by atoms with van der Waals surface area (Å²) in [6.07, 6.45) is 21.1. The van der Waals surface area contributed by atoms with E-state index < -0.39 is 0 Å². The van der Waals surface area contributed by atoms with Crippen LogP contribution in [-0.4, -0.2) is 24.3 Å². The van der Waals surface area contributed by atoms with E-state index in [-0.39, 0.29) is 6.10 Å². The van der Waals surface area contributed by atoms with Gasteiger partial charge < -0.3 is 10.4 Å². The van der Waals surface area contributed by atoms with Crippen LogP contribution in [0.15, 0.2) is 12.7 Å². The van der Waals surface area contributed by atoms with Crippen LogP contribution in [0.5, 0.6) is 0 Å². The second-order valence-corrected chi connectivity index (χ2v) is 6.97. The predicted octanol–water partition coefficient (Wildman–Crippen LogP) is 5.99. The number of hydrogen-bond donors (Lipinski definition) is 2. The average Bonchev–Trinajstić information content (AvgIpc) is 2.56. The van der Waals surface area contributed by atoms with Crippen LogP contribution in [0.4, 0.5) is 0 Å². The van der Waals surface area contributed by atoms with Crippen molar-refractivity contribution in [3.05, 3.63) is 12.7 Å². The highest BCUT2D eigenvalue weighted by Gasteiger charge is 2.03. The molecule has 138 valence electrons. The van der Waals surface area contributed by atoms with E-state index in [1.807, 2.05) is 6.08 Å². The first-order chi connectivity index (χ1) is 11.3. The van der Waals surface area contributed by atoms with E-state index in [0.717, 1.165) is 25.9 Å². The van der Waals surface area contributed by atoms with E-state index in [9.17, 15) is 5.11 Å². The Morgan fingerprint density at radius 3 is 1.78 bits per heavy atom. The van der Waals surface area contributed by atoms with Crippen LogP contribution in [0.1, 0.15) is 103 Å². The van der Waals surface area contributed by atoms with Gasteiger partial charge in [0, 0.05) is 6.54 Å². The van der Waals surface area contributed by atoms with Gasteiger partial charge in [0.1, 0.15) is 0 Å². The molecule has 2 N–H and O–H groups in total. The molecule has 0 aliphatic rings. The molecule has 23 heavy (non-hydrogen) atoms. The van der Waals surface area contributed by atoms with Gasteiger partial charge in [0.2, 0.25) is 0 Å². The Morgan fingerprint density at radius 1 is 0.783 bits per heavy atom. The largest absolute Gasteiger partial charge is 0.393 e.